The molecule has 2 unspecified atom stereocenters. The van der Waals surface area contributed by atoms with Crippen LogP contribution in [0.5, 0.6) is 0 Å². The van der Waals surface area contributed by atoms with Crippen LogP contribution >= 0.6 is 8.20 Å². The molecule has 1 N–H and O–H groups in total. The minimum Gasteiger partial charge on any atom is -0.827 e. The van der Waals surface area contributed by atoms with E-state index in [4.69, 9.17) is 0 Å². The van der Waals surface area contributed by atoms with E-state index in [0.29, 0.717) is 32.1 Å². The van der Waals surface area contributed by atoms with Crippen molar-refractivity contribution in [2.24, 2.45) is 5.92 Å². The van der Waals surface area contributed by atoms with Crippen LogP contribution in [-0.2, 0) is 4.79 Å². The molecule has 0 saturated heterocycles. The number of hydrogen-bond donors (Lipinski definition) is 1. The molecule has 0 spiro atoms. The molecule has 0 aliphatic carbocycles. The summed E-state index contributed by atoms with van der Waals surface area (Å²) in [5, 5.41) is 23.7. The largest absolute Gasteiger partial charge is 0.827 e. The van der Waals surface area contributed by atoms with E-state index in [1.807, 2.05) is 21.1 Å². The first-order valence-electron chi connectivity index (χ1n) is 20.1. The summed E-state index contributed by atoms with van der Waals surface area (Å²) in [6.45, 7) is 5.06. The molecule has 0 radical (unpaired) electrons. The second-order valence-corrected chi connectivity index (χ2v) is 16.5. The van der Waals surface area contributed by atoms with E-state index in [1.165, 1.54) is 135 Å². The van der Waals surface area contributed by atoms with Crippen molar-refractivity contribution in [3.05, 3.63) is 12.2 Å². The van der Waals surface area contributed by atoms with Crippen LogP contribution in [0.2, 0.25) is 0 Å². The van der Waals surface area contributed by atoms with Crippen molar-refractivity contribution < 1.29 is 19.5 Å². The standard InChI is InChI=1S/C41H80NO3P/c1-6-8-10-12-14-16-18-20-22-24-26-28-30-32-34-36-39(43)38(41(45)46-40(44)37-42(3,4)5)35-33-31-29-27-25-23-21-19-17-15-13-11-9-7-2/h21,23,38,40,44H,6-20,22,24-37H2,1-5H3/b23-21-. The lowest BCUT2D eigenvalue weighted by molar-refractivity contribution is -0.871. The maximum Gasteiger partial charge on any atom is 0.142 e. The number of allylic oxidation sites excluding steroid dienone is 2. The highest BCUT2D eigenvalue weighted by Gasteiger charge is 2.19. The molecule has 272 valence electrons. The van der Waals surface area contributed by atoms with Gasteiger partial charge >= 0.3 is 0 Å². The van der Waals surface area contributed by atoms with E-state index in [0.717, 1.165) is 38.5 Å². The molecule has 0 rings (SSSR count). The lowest BCUT2D eigenvalue weighted by Gasteiger charge is -2.28. The first-order chi connectivity index (χ1) is 22.2. The number of carbonyl (C=O) groups excluding carboxylic acids is 1. The molecular formula is C41H80NO3P. The summed E-state index contributed by atoms with van der Waals surface area (Å²) in [6, 6.07) is 0. The number of ketones is 1. The SMILES string of the molecule is CCCCCCCC/C=C\CCCCCCC(C(=O)CCCCCCCCCCCCCCCCC)C([O-])=PC(O)C[N+](C)(C)C. The van der Waals surface area contributed by atoms with E-state index in [1.54, 1.807) is 0 Å². The smallest absolute Gasteiger partial charge is 0.142 e. The molecular weight excluding hydrogens is 585 g/mol. The van der Waals surface area contributed by atoms with Crippen molar-refractivity contribution in [2.45, 2.75) is 206 Å². The Labute approximate surface area is 290 Å². The molecule has 46 heavy (non-hydrogen) atoms. The van der Waals surface area contributed by atoms with Gasteiger partial charge in [0.1, 0.15) is 18.2 Å². The van der Waals surface area contributed by atoms with Gasteiger partial charge in [0.15, 0.2) is 0 Å². The molecule has 0 heterocycles. The molecule has 0 aromatic heterocycles. The minimum atomic E-state index is -0.711. The second-order valence-electron chi connectivity index (χ2n) is 15.2. The molecule has 2 atom stereocenters. The summed E-state index contributed by atoms with van der Waals surface area (Å²) in [5.74, 6) is -1.13. The van der Waals surface area contributed by atoms with Gasteiger partial charge in [0, 0.05) is 12.3 Å². The molecule has 0 aliphatic heterocycles. The Bertz CT molecular complexity index is 730. The fraction of sp³-hybridized carbons (Fsp3) is 0.902. The summed E-state index contributed by atoms with van der Waals surface area (Å²) in [5.41, 5.74) is -0.0652. The van der Waals surface area contributed by atoms with Crippen LogP contribution in [0.1, 0.15) is 200 Å². The first kappa shape index (κ1) is 45.5. The van der Waals surface area contributed by atoms with Gasteiger partial charge in [0.25, 0.3) is 0 Å². The Morgan fingerprint density at radius 1 is 0.609 bits per heavy atom. The molecule has 5 heteroatoms. The van der Waals surface area contributed by atoms with Crippen LogP contribution in [0.25, 0.3) is 0 Å². The average Bonchev–Trinajstić information content (AvgIpc) is 2.99. The summed E-state index contributed by atoms with van der Waals surface area (Å²) < 4.78 is 0.604. The maximum absolute atomic E-state index is 13.2. The Morgan fingerprint density at radius 2 is 0.978 bits per heavy atom. The van der Waals surface area contributed by atoms with Crippen LogP contribution in [0.15, 0.2) is 12.2 Å². The lowest BCUT2D eigenvalue weighted by Crippen LogP contribution is -2.40. The third-order valence-electron chi connectivity index (χ3n) is 9.21. The highest BCUT2D eigenvalue weighted by atomic mass is 31.1. The third-order valence-corrected chi connectivity index (χ3v) is 10.2. The highest BCUT2D eigenvalue weighted by molar-refractivity contribution is 7.40. The van der Waals surface area contributed by atoms with E-state index in [2.05, 4.69) is 26.0 Å². The summed E-state index contributed by atoms with van der Waals surface area (Å²) in [4.78, 5) is 13.2. The molecule has 0 aromatic rings. The Balaban J connectivity index is 4.30. The van der Waals surface area contributed by atoms with Gasteiger partial charge in [-0.2, -0.15) is 0 Å². The van der Waals surface area contributed by atoms with Crippen molar-refractivity contribution >= 4 is 19.5 Å². The normalized spacial score (nSPS) is 13.9. The van der Waals surface area contributed by atoms with Crippen molar-refractivity contribution in [3.63, 3.8) is 0 Å². The van der Waals surface area contributed by atoms with Gasteiger partial charge in [-0.15, -0.1) is 5.48 Å². The zero-order valence-electron chi connectivity index (χ0n) is 31.7. The van der Waals surface area contributed by atoms with Gasteiger partial charge < -0.3 is 14.7 Å². The van der Waals surface area contributed by atoms with Crippen molar-refractivity contribution in [1.29, 1.82) is 0 Å². The molecule has 0 aromatic carbocycles. The quantitative estimate of drug-likeness (QED) is 0.0317. The number of hydrogen-bond acceptors (Lipinski definition) is 3. The Morgan fingerprint density at radius 3 is 1.39 bits per heavy atom. The predicted octanol–water partition coefficient (Wildman–Crippen LogP) is 11.5. The van der Waals surface area contributed by atoms with Crippen LogP contribution in [0.3, 0.4) is 0 Å². The van der Waals surface area contributed by atoms with E-state index >= 15 is 0 Å². The zero-order valence-corrected chi connectivity index (χ0v) is 32.6. The van der Waals surface area contributed by atoms with Crippen molar-refractivity contribution in [1.82, 2.24) is 0 Å². The van der Waals surface area contributed by atoms with Gasteiger partial charge in [-0.1, -0.05) is 175 Å². The van der Waals surface area contributed by atoms with Gasteiger partial charge in [0.05, 0.1) is 21.1 Å². The number of nitrogens with zero attached hydrogens (tertiary/aromatic N) is 1. The van der Waals surface area contributed by atoms with E-state index in [9.17, 15) is 15.0 Å². The van der Waals surface area contributed by atoms with Crippen molar-refractivity contribution in [2.75, 3.05) is 27.7 Å². The monoisotopic (exact) mass is 666 g/mol. The van der Waals surface area contributed by atoms with E-state index in [-0.39, 0.29) is 11.3 Å². The van der Waals surface area contributed by atoms with Gasteiger partial charge in [-0.3, -0.25) is 4.79 Å². The summed E-state index contributed by atoms with van der Waals surface area (Å²) in [6.07, 6.45) is 40.2. The molecule has 0 amide bonds. The molecule has 0 aliphatic rings. The van der Waals surface area contributed by atoms with Gasteiger partial charge in [0.2, 0.25) is 0 Å². The predicted molar refractivity (Wildman–Crippen MR) is 204 cm³/mol. The molecule has 0 fully saturated rings. The molecule has 0 bridgehead atoms. The fourth-order valence-corrected chi connectivity index (χ4v) is 7.60. The third kappa shape index (κ3) is 32.0. The lowest BCUT2D eigenvalue weighted by atomic mass is 9.93. The topological polar surface area (TPSA) is 60.4 Å². The van der Waals surface area contributed by atoms with Crippen LogP contribution < -0.4 is 5.11 Å². The zero-order chi connectivity index (χ0) is 34.1. The number of rotatable bonds is 35. The number of Topliss-reactive ketones (excluding diaryl/α,β-unsaturated/α-hetero) is 1. The van der Waals surface area contributed by atoms with Gasteiger partial charge in [-0.05, 0) is 38.5 Å². The van der Waals surface area contributed by atoms with Crippen LogP contribution in [0.4, 0.5) is 0 Å². The number of aliphatic hydroxyl groups excluding tert-OH is 1. The van der Waals surface area contributed by atoms with E-state index < -0.39 is 11.8 Å². The van der Waals surface area contributed by atoms with Crippen LogP contribution in [-0.4, -0.2) is 54.4 Å². The number of carbonyl (C=O) groups is 1. The number of likely N-dealkylation sites (N-methyl/N-ethyl adjacent to an activating group) is 1. The van der Waals surface area contributed by atoms with Crippen LogP contribution in [0, 0.1) is 5.92 Å². The molecule has 0 saturated carbocycles. The summed E-state index contributed by atoms with van der Waals surface area (Å²) >= 11 is 0. The maximum atomic E-state index is 13.2. The number of aliphatic hydroxyl groups is 1. The number of quaternary nitrogens is 1. The molecule has 4 nitrogen and oxygen atoms in total. The average molecular weight is 666 g/mol. The minimum absolute atomic E-state index is 0.0652. The highest BCUT2D eigenvalue weighted by Crippen LogP contribution is 2.22. The van der Waals surface area contributed by atoms with Gasteiger partial charge in [-0.25, -0.2) is 0 Å². The Hall–Kier alpha value is -0.540. The first-order valence-corrected chi connectivity index (χ1v) is 21.1. The summed E-state index contributed by atoms with van der Waals surface area (Å²) in [7, 11) is 6.46. The number of unbranched alkanes of at least 4 members (excludes halogenated alkanes) is 24. The Kier molecular flexibility index (Phi) is 32.6. The van der Waals surface area contributed by atoms with Crippen molar-refractivity contribution in [3.8, 4) is 0 Å². The second kappa shape index (κ2) is 33.0. The fourth-order valence-electron chi connectivity index (χ4n) is 6.28.